The van der Waals surface area contributed by atoms with Crippen molar-refractivity contribution in [2.24, 2.45) is 0 Å². The Bertz CT molecular complexity index is 558. The summed E-state index contributed by atoms with van der Waals surface area (Å²) in [5.74, 6) is 0.464. The highest BCUT2D eigenvalue weighted by Crippen LogP contribution is 2.18. The molecular weight excluding hydrogens is 231 g/mol. The maximum atomic E-state index is 13.0. The minimum atomic E-state index is -0.407. The van der Waals surface area contributed by atoms with Crippen LogP contribution in [0.2, 0.25) is 0 Å². The van der Waals surface area contributed by atoms with E-state index in [1.165, 1.54) is 12.1 Å². The van der Waals surface area contributed by atoms with Crippen LogP contribution < -0.4 is 5.32 Å². The predicted octanol–water partition coefficient (Wildman–Crippen LogP) is 3.33. The van der Waals surface area contributed by atoms with Crippen molar-refractivity contribution < 1.29 is 8.81 Å². The molecule has 0 amide bonds. The molecule has 1 aromatic heterocycles. The first-order chi connectivity index (χ1) is 8.69. The molecule has 0 bridgehead atoms. The first kappa shape index (κ1) is 12.2. The number of benzene rings is 1. The van der Waals surface area contributed by atoms with E-state index in [9.17, 15) is 4.39 Å². The number of halogens is 1. The Hall–Kier alpha value is -2.28. The van der Waals surface area contributed by atoms with Crippen LogP contribution in [-0.2, 0) is 6.42 Å². The number of hydrogen-bond acceptors (Lipinski definition) is 3. The number of nitriles is 1. The van der Waals surface area contributed by atoms with Gasteiger partial charge in [-0.2, -0.15) is 5.26 Å². The fourth-order valence-electron chi connectivity index (χ4n) is 1.78. The van der Waals surface area contributed by atoms with Crippen LogP contribution >= 0.6 is 0 Å². The van der Waals surface area contributed by atoms with Gasteiger partial charge in [0.1, 0.15) is 17.6 Å². The largest absolute Gasteiger partial charge is 0.469 e. The standard InChI is InChI=1S/C14H13FN2O/c1-10(7-13-3-2-6-18-13)17-14-5-4-12(15)8-11(14)9-16/h2-6,8,10,17H,7H2,1H3. The quantitative estimate of drug-likeness (QED) is 0.897. The Morgan fingerprint density at radius 3 is 2.94 bits per heavy atom. The van der Waals surface area contributed by atoms with Crippen molar-refractivity contribution in [2.45, 2.75) is 19.4 Å². The smallest absolute Gasteiger partial charge is 0.124 e. The van der Waals surface area contributed by atoms with Crippen LogP contribution in [0.1, 0.15) is 18.2 Å². The van der Waals surface area contributed by atoms with Crippen molar-refractivity contribution in [1.29, 1.82) is 5.26 Å². The molecule has 0 aliphatic heterocycles. The third kappa shape index (κ3) is 2.89. The third-order valence-electron chi connectivity index (χ3n) is 2.59. The van der Waals surface area contributed by atoms with E-state index in [4.69, 9.17) is 9.68 Å². The van der Waals surface area contributed by atoms with E-state index in [1.54, 1.807) is 12.3 Å². The zero-order valence-corrected chi connectivity index (χ0v) is 9.98. The van der Waals surface area contributed by atoms with Gasteiger partial charge in [0.15, 0.2) is 0 Å². The van der Waals surface area contributed by atoms with Crippen molar-refractivity contribution in [3.05, 3.63) is 53.7 Å². The predicted molar refractivity (Wildman–Crippen MR) is 66.6 cm³/mol. The van der Waals surface area contributed by atoms with Crippen LogP contribution in [0.25, 0.3) is 0 Å². The highest BCUT2D eigenvalue weighted by molar-refractivity contribution is 5.57. The Kier molecular flexibility index (Phi) is 3.63. The molecule has 1 heterocycles. The average molecular weight is 244 g/mol. The fraction of sp³-hybridized carbons (Fsp3) is 0.214. The summed E-state index contributed by atoms with van der Waals surface area (Å²) in [6, 6.07) is 9.93. The van der Waals surface area contributed by atoms with Gasteiger partial charge < -0.3 is 9.73 Å². The summed E-state index contributed by atoms with van der Waals surface area (Å²) in [5.41, 5.74) is 0.944. The monoisotopic (exact) mass is 244 g/mol. The molecule has 18 heavy (non-hydrogen) atoms. The number of nitrogens with zero attached hydrogens (tertiary/aromatic N) is 1. The van der Waals surface area contributed by atoms with Crippen molar-refractivity contribution in [3.63, 3.8) is 0 Å². The van der Waals surface area contributed by atoms with Crippen LogP contribution in [0.15, 0.2) is 41.0 Å². The summed E-state index contributed by atoms with van der Waals surface area (Å²) in [7, 11) is 0. The van der Waals surface area contributed by atoms with Crippen LogP contribution in [0.4, 0.5) is 10.1 Å². The van der Waals surface area contributed by atoms with E-state index < -0.39 is 5.82 Å². The van der Waals surface area contributed by atoms with Crippen LogP contribution in [0.3, 0.4) is 0 Å². The maximum Gasteiger partial charge on any atom is 0.124 e. The molecule has 2 aromatic rings. The number of nitrogens with one attached hydrogen (secondary N) is 1. The second-order valence-electron chi connectivity index (χ2n) is 4.13. The topological polar surface area (TPSA) is 49.0 Å². The maximum absolute atomic E-state index is 13.0. The summed E-state index contributed by atoms with van der Waals surface area (Å²) in [5, 5.41) is 12.1. The Balaban J connectivity index is 2.07. The lowest BCUT2D eigenvalue weighted by Crippen LogP contribution is -2.18. The molecule has 1 N–H and O–H groups in total. The van der Waals surface area contributed by atoms with Gasteiger partial charge >= 0.3 is 0 Å². The molecule has 0 saturated heterocycles. The molecular formula is C14H13FN2O. The van der Waals surface area contributed by atoms with Crippen molar-refractivity contribution >= 4 is 5.69 Å². The number of rotatable bonds is 4. The van der Waals surface area contributed by atoms with Gasteiger partial charge in [-0.25, -0.2) is 4.39 Å². The van der Waals surface area contributed by atoms with Crippen molar-refractivity contribution in [3.8, 4) is 6.07 Å². The van der Waals surface area contributed by atoms with Gasteiger partial charge in [-0.1, -0.05) is 0 Å². The molecule has 1 atom stereocenters. The molecule has 0 aliphatic carbocycles. The van der Waals surface area contributed by atoms with Crippen molar-refractivity contribution in [1.82, 2.24) is 0 Å². The molecule has 3 nitrogen and oxygen atoms in total. The molecule has 4 heteroatoms. The van der Waals surface area contributed by atoms with Gasteiger partial charge in [0.05, 0.1) is 17.5 Å². The molecule has 2 rings (SSSR count). The zero-order valence-electron chi connectivity index (χ0n) is 9.98. The fourth-order valence-corrected chi connectivity index (χ4v) is 1.78. The van der Waals surface area contributed by atoms with Crippen LogP contribution in [0, 0.1) is 17.1 Å². The Morgan fingerprint density at radius 1 is 1.44 bits per heavy atom. The number of anilines is 1. The minimum absolute atomic E-state index is 0.0914. The summed E-state index contributed by atoms with van der Waals surface area (Å²) >= 11 is 0. The zero-order chi connectivity index (χ0) is 13.0. The highest BCUT2D eigenvalue weighted by Gasteiger charge is 2.09. The molecule has 1 unspecified atom stereocenters. The van der Waals surface area contributed by atoms with E-state index >= 15 is 0 Å². The summed E-state index contributed by atoms with van der Waals surface area (Å²) in [6.07, 6.45) is 2.33. The molecule has 0 saturated carbocycles. The van der Waals surface area contributed by atoms with E-state index in [2.05, 4.69) is 5.32 Å². The Labute approximate surface area is 105 Å². The van der Waals surface area contributed by atoms with Gasteiger partial charge in [-0.15, -0.1) is 0 Å². The number of furan rings is 1. The average Bonchev–Trinajstić information content (AvgIpc) is 2.84. The molecule has 0 spiro atoms. The first-order valence-electron chi connectivity index (χ1n) is 5.67. The van der Waals surface area contributed by atoms with E-state index in [1.807, 2.05) is 25.1 Å². The second kappa shape index (κ2) is 5.37. The highest BCUT2D eigenvalue weighted by atomic mass is 19.1. The molecule has 1 aromatic carbocycles. The third-order valence-corrected chi connectivity index (χ3v) is 2.59. The minimum Gasteiger partial charge on any atom is -0.469 e. The van der Waals surface area contributed by atoms with E-state index in [0.29, 0.717) is 17.7 Å². The van der Waals surface area contributed by atoms with E-state index in [0.717, 1.165) is 5.76 Å². The van der Waals surface area contributed by atoms with Crippen LogP contribution in [0.5, 0.6) is 0 Å². The lowest BCUT2D eigenvalue weighted by Gasteiger charge is -2.15. The van der Waals surface area contributed by atoms with E-state index in [-0.39, 0.29) is 6.04 Å². The molecule has 0 aliphatic rings. The molecule has 92 valence electrons. The van der Waals surface area contributed by atoms with Gasteiger partial charge in [0.2, 0.25) is 0 Å². The summed E-state index contributed by atoms with van der Waals surface area (Å²) in [4.78, 5) is 0. The Morgan fingerprint density at radius 2 is 2.28 bits per heavy atom. The SMILES string of the molecule is CC(Cc1ccco1)Nc1ccc(F)cc1C#N. The van der Waals surface area contributed by atoms with Gasteiger partial charge in [0.25, 0.3) is 0 Å². The molecule has 0 radical (unpaired) electrons. The van der Waals surface area contributed by atoms with Gasteiger partial charge in [-0.3, -0.25) is 0 Å². The summed E-state index contributed by atoms with van der Waals surface area (Å²) in [6.45, 7) is 1.98. The van der Waals surface area contributed by atoms with Crippen molar-refractivity contribution in [2.75, 3.05) is 5.32 Å². The van der Waals surface area contributed by atoms with Gasteiger partial charge in [-0.05, 0) is 37.3 Å². The van der Waals surface area contributed by atoms with Gasteiger partial charge in [0, 0.05) is 12.5 Å². The lowest BCUT2D eigenvalue weighted by atomic mass is 10.1. The molecule has 0 fully saturated rings. The normalized spacial score (nSPS) is 11.8. The number of hydrogen-bond donors (Lipinski definition) is 1. The van der Waals surface area contributed by atoms with Crippen LogP contribution in [-0.4, -0.2) is 6.04 Å². The first-order valence-corrected chi connectivity index (χ1v) is 5.67. The lowest BCUT2D eigenvalue weighted by molar-refractivity contribution is 0.497. The second-order valence-corrected chi connectivity index (χ2v) is 4.13. The summed E-state index contributed by atoms with van der Waals surface area (Å²) < 4.78 is 18.2.